The molecule has 1 heterocycles. The molecule has 8 heteroatoms. The van der Waals surface area contributed by atoms with Crippen molar-refractivity contribution in [1.29, 1.82) is 0 Å². The number of hydrogen-bond acceptors (Lipinski definition) is 5. The predicted molar refractivity (Wildman–Crippen MR) is 112 cm³/mol. The fourth-order valence-corrected chi connectivity index (χ4v) is 4.60. The first kappa shape index (κ1) is 21.1. The Morgan fingerprint density at radius 1 is 1.03 bits per heavy atom. The number of nitrogens with zero attached hydrogens (tertiary/aromatic N) is 1. The van der Waals surface area contributed by atoms with Gasteiger partial charge in [0.1, 0.15) is 11.8 Å². The molecule has 1 saturated heterocycles. The second-order valence-corrected chi connectivity index (χ2v) is 9.71. The van der Waals surface area contributed by atoms with E-state index in [0.717, 1.165) is 22.1 Å². The van der Waals surface area contributed by atoms with Crippen LogP contribution in [0.2, 0.25) is 0 Å². The summed E-state index contributed by atoms with van der Waals surface area (Å²) >= 11 is 0. The highest BCUT2D eigenvalue weighted by atomic mass is 32.2. The Morgan fingerprint density at radius 2 is 1.66 bits per heavy atom. The number of methoxy groups -OCH3 is 1. The van der Waals surface area contributed by atoms with Gasteiger partial charge < -0.3 is 15.0 Å². The van der Waals surface area contributed by atoms with Crippen molar-refractivity contribution in [2.24, 2.45) is 0 Å². The van der Waals surface area contributed by atoms with Crippen molar-refractivity contribution in [2.75, 3.05) is 31.7 Å². The smallest absolute Gasteiger partial charge is 0.244 e. The lowest BCUT2D eigenvalue weighted by Crippen LogP contribution is -2.52. The van der Waals surface area contributed by atoms with Gasteiger partial charge in [0.15, 0.2) is 9.84 Å². The molecule has 29 heavy (non-hydrogen) atoms. The third-order valence-corrected chi connectivity index (χ3v) is 6.96. The summed E-state index contributed by atoms with van der Waals surface area (Å²) in [4.78, 5) is 26.7. The number of carbonyl (C=O) groups is 2. The molecule has 1 unspecified atom stereocenters. The number of amides is 2. The molecule has 2 aromatic carbocycles. The SMILES string of the molecule is COc1ccc2cc([C@H](C)C(=O)NC(C)C(=O)N3CCS(=O)(=O)CC3)ccc2c1. The first-order chi connectivity index (χ1) is 13.7. The monoisotopic (exact) mass is 418 g/mol. The number of nitrogens with one attached hydrogen (secondary N) is 1. The Hall–Kier alpha value is -2.61. The van der Waals surface area contributed by atoms with Crippen molar-refractivity contribution in [1.82, 2.24) is 10.2 Å². The van der Waals surface area contributed by atoms with Crippen LogP contribution in [0.25, 0.3) is 10.8 Å². The molecule has 3 rings (SSSR count). The maximum Gasteiger partial charge on any atom is 0.244 e. The lowest BCUT2D eigenvalue weighted by atomic mass is 9.96. The van der Waals surface area contributed by atoms with E-state index in [9.17, 15) is 18.0 Å². The zero-order valence-corrected chi connectivity index (χ0v) is 17.7. The van der Waals surface area contributed by atoms with Gasteiger partial charge in [-0.15, -0.1) is 0 Å². The molecule has 1 aliphatic heterocycles. The van der Waals surface area contributed by atoms with Crippen molar-refractivity contribution in [3.63, 3.8) is 0 Å². The van der Waals surface area contributed by atoms with Crippen molar-refractivity contribution in [2.45, 2.75) is 25.8 Å². The summed E-state index contributed by atoms with van der Waals surface area (Å²) in [5, 5.41) is 4.78. The van der Waals surface area contributed by atoms with Crippen LogP contribution in [0.1, 0.15) is 25.3 Å². The average molecular weight is 419 g/mol. The van der Waals surface area contributed by atoms with Gasteiger partial charge in [-0.3, -0.25) is 9.59 Å². The van der Waals surface area contributed by atoms with E-state index in [0.29, 0.717) is 0 Å². The second-order valence-electron chi connectivity index (χ2n) is 7.40. The van der Waals surface area contributed by atoms with E-state index in [4.69, 9.17) is 4.74 Å². The topological polar surface area (TPSA) is 92.8 Å². The first-order valence-corrected chi connectivity index (χ1v) is 11.4. The average Bonchev–Trinajstić information content (AvgIpc) is 2.71. The number of fused-ring (bicyclic) bond motifs is 1. The molecule has 0 bridgehead atoms. The minimum Gasteiger partial charge on any atom is -0.497 e. The zero-order chi connectivity index (χ0) is 21.2. The number of benzene rings is 2. The van der Waals surface area contributed by atoms with Gasteiger partial charge in [-0.2, -0.15) is 0 Å². The number of hydrogen-bond donors (Lipinski definition) is 1. The standard InChI is InChI=1S/C21H26N2O5S/c1-14(16-4-5-18-13-19(28-3)7-6-17(18)12-16)20(24)22-15(2)21(25)23-8-10-29(26,27)11-9-23/h4-7,12-15H,8-11H2,1-3H3,(H,22,24)/t14-,15?/m0/s1. The summed E-state index contributed by atoms with van der Waals surface area (Å²) in [5.41, 5.74) is 0.851. The minimum absolute atomic E-state index is 0.0301. The summed E-state index contributed by atoms with van der Waals surface area (Å²) < 4.78 is 28.3. The van der Waals surface area contributed by atoms with Gasteiger partial charge in [0.05, 0.1) is 24.5 Å². The zero-order valence-electron chi connectivity index (χ0n) is 16.8. The molecule has 0 aliphatic carbocycles. The van der Waals surface area contributed by atoms with Crippen molar-refractivity contribution < 1.29 is 22.7 Å². The normalized spacial score (nSPS) is 18.1. The molecule has 0 spiro atoms. The molecule has 2 aromatic rings. The quantitative estimate of drug-likeness (QED) is 0.798. The third-order valence-electron chi connectivity index (χ3n) is 5.35. The molecule has 7 nitrogen and oxygen atoms in total. The highest BCUT2D eigenvalue weighted by Gasteiger charge is 2.29. The number of rotatable bonds is 5. The number of sulfone groups is 1. The molecule has 1 N–H and O–H groups in total. The summed E-state index contributed by atoms with van der Waals surface area (Å²) in [6, 6.07) is 10.8. The molecule has 0 aromatic heterocycles. The fourth-order valence-electron chi connectivity index (χ4n) is 3.40. The molecule has 0 saturated carbocycles. The number of carbonyl (C=O) groups excluding carboxylic acids is 2. The third kappa shape index (κ3) is 4.87. The van der Waals surface area contributed by atoms with Crippen molar-refractivity contribution in [3.05, 3.63) is 42.0 Å². The summed E-state index contributed by atoms with van der Waals surface area (Å²) in [5.74, 6) is -0.225. The minimum atomic E-state index is -3.06. The summed E-state index contributed by atoms with van der Waals surface area (Å²) in [6.07, 6.45) is 0. The molecular weight excluding hydrogens is 392 g/mol. The van der Waals surface area contributed by atoms with Crippen molar-refractivity contribution >= 4 is 32.4 Å². The van der Waals surface area contributed by atoms with Crippen LogP contribution in [0.3, 0.4) is 0 Å². The summed E-state index contributed by atoms with van der Waals surface area (Å²) in [6.45, 7) is 3.77. The van der Waals surface area contributed by atoms with Gasteiger partial charge in [0.2, 0.25) is 11.8 Å². The molecule has 156 valence electrons. The highest BCUT2D eigenvalue weighted by Crippen LogP contribution is 2.25. The van der Waals surface area contributed by atoms with Crippen molar-refractivity contribution in [3.8, 4) is 5.75 Å². The maximum absolute atomic E-state index is 12.7. The Balaban J connectivity index is 1.65. The Morgan fingerprint density at radius 3 is 2.31 bits per heavy atom. The Kier molecular flexibility index (Phi) is 6.12. The fraction of sp³-hybridized carbons (Fsp3) is 0.429. The van der Waals surface area contributed by atoms with Crippen LogP contribution in [0.4, 0.5) is 0 Å². The molecular formula is C21H26N2O5S. The van der Waals surface area contributed by atoms with Gasteiger partial charge in [-0.25, -0.2) is 8.42 Å². The van der Waals surface area contributed by atoms with E-state index in [2.05, 4.69) is 5.32 Å². The van der Waals surface area contributed by atoms with Crippen LogP contribution >= 0.6 is 0 Å². The lowest BCUT2D eigenvalue weighted by molar-refractivity contribution is -0.136. The number of ether oxygens (including phenoxy) is 1. The summed E-state index contributed by atoms with van der Waals surface area (Å²) in [7, 11) is -1.44. The van der Waals surface area contributed by atoms with Gasteiger partial charge in [0, 0.05) is 13.1 Å². The highest BCUT2D eigenvalue weighted by molar-refractivity contribution is 7.91. The second kappa shape index (κ2) is 8.41. The lowest BCUT2D eigenvalue weighted by Gasteiger charge is -2.29. The van der Waals surface area contributed by atoms with E-state index in [1.165, 1.54) is 4.90 Å². The van der Waals surface area contributed by atoms with Crippen LogP contribution < -0.4 is 10.1 Å². The molecule has 2 amide bonds. The van der Waals surface area contributed by atoms with Gasteiger partial charge >= 0.3 is 0 Å². The van der Waals surface area contributed by atoms with Crippen LogP contribution in [0.5, 0.6) is 5.75 Å². The Bertz CT molecular complexity index is 1020. The van der Waals surface area contributed by atoms with Gasteiger partial charge in [-0.1, -0.05) is 24.3 Å². The van der Waals surface area contributed by atoms with E-state index in [1.807, 2.05) is 36.4 Å². The molecule has 2 atom stereocenters. The van der Waals surface area contributed by atoms with Gasteiger partial charge in [0.25, 0.3) is 0 Å². The first-order valence-electron chi connectivity index (χ1n) is 9.57. The maximum atomic E-state index is 12.7. The molecule has 0 radical (unpaired) electrons. The van der Waals surface area contributed by atoms with Crippen LogP contribution in [-0.2, 0) is 19.4 Å². The van der Waals surface area contributed by atoms with Gasteiger partial charge in [-0.05, 0) is 42.3 Å². The van der Waals surface area contributed by atoms with E-state index < -0.39 is 21.8 Å². The largest absolute Gasteiger partial charge is 0.497 e. The molecule has 1 aliphatic rings. The van der Waals surface area contributed by atoms with Crippen LogP contribution in [-0.4, -0.2) is 62.9 Å². The van der Waals surface area contributed by atoms with Crippen LogP contribution in [0.15, 0.2) is 36.4 Å². The van der Waals surface area contributed by atoms with E-state index in [1.54, 1.807) is 21.0 Å². The molecule has 1 fully saturated rings. The van der Waals surface area contributed by atoms with E-state index in [-0.39, 0.29) is 36.4 Å². The van der Waals surface area contributed by atoms with Crippen LogP contribution in [0, 0.1) is 0 Å². The predicted octanol–water partition coefficient (Wildman–Crippen LogP) is 1.71. The Labute approximate surface area is 170 Å². The van der Waals surface area contributed by atoms with E-state index >= 15 is 0 Å².